The van der Waals surface area contributed by atoms with Gasteiger partial charge in [-0.1, -0.05) is 12.1 Å². The van der Waals surface area contributed by atoms with Crippen LogP contribution in [0.4, 0.5) is 4.79 Å². The third kappa shape index (κ3) is 9.80. The van der Waals surface area contributed by atoms with Crippen LogP contribution in [0.2, 0.25) is 0 Å². The molecule has 0 unspecified atom stereocenters. The summed E-state index contributed by atoms with van der Waals surface area (Å²) in [6.45, 7) is 12.0. The smallest absolute Gasteiger partial charge is 0.407 e. The molecule has 0 fully saturated rings. The minimum Gasteiger partial charge on any atom is -0.444 e. The minimum atomic E-state index is -0.517. The number of ether oxygens (including phenoxy) is 1. The second-order valence-electron chi connectivity index (χ2n) is 7.11. The number of rotatable bonds is 8. The lowest BCUT2D eigenvalue weighted by Gasteiger charge is -2.19. The average molecular weight is 392 g/mol. The van der Waals surface area contributed by atoms with Gasteiger partial charge in [-0.3, -0.25) is 4.79 Å². The molecule has 0 aliphatic carbocycles. The molecule has 0 atom stereocenters. The zero-order chi connectivity index (χ0) is 21.0. The van der Waals surface area contributed by atoms with Gasteiger partial charge in [-0.15, -0.1) is 0 Å². The second kappa shape index (κ2) is 11.8. The maximum atomic E-state index is 11.9. The Bertz CT molecular complexity index is 668. The summed E-state index contributed by atoms with van der Waals surface area (Å²) in [4.78, 5) is 28.1. The maximum absolute atomic E-state index is 11.9. The molecule has 1 aromatic carbocycles. The van der Waals surface area contributed by atoms with Crippen molar-refractivity contribution in [3.8, 4) is 0 Å². The van der Waals surface area contributed by atoms with Gasteiger partial charge in [0, 0.05) is 31.7 Å². The number of carbonyl (C=O) groups excluding carboxylic acids is 2. The average Bonchev–Trinajstić information content (AvgIpc) is 2.62. The Morgan fingerprint density at radius 1 is 1.00 bits per heavy atom. The Morgan fingerprint density at radius 2 is 1.68 bits per heavy atom. The van der Waals surface area contributed by atoms with E-state index in [2.05, 4.69) is 26.3 Å². The first-order chi connectivity index (χ1) is 13.2. The molecule has 0 aromatic heterocycles. The zero-order valence-corrected chi connectivity index (χ0v) is 17.5. The highest BCUT2D eigenvalue weighted by atomic mass is 16.6. The Morgan fingerprint density at radius 3 is 2.32 bits per heavy atom. The van der Waals surface area contributed by atoms with Crippen molar-refractivity contribution in [1.29, 1.82) is 0 Å². The number of hydrogen-bond donors (Lipinski definition) is 4. The fourth-order valence-electron chi connectivity index (χ4n) is 2.25. The van der Waals surface area contributed by atoms with Crippen molar-refractivity contribution in [2.45, 2.75) is 46.8 Å². The van der Waals surface area contributed by atoms with Crippen LogP contribution in [0.25, 0.3) is 0 Å². The van der Waals surface area contributed by atoms with E-state index in [4.69, 9.17) is 4.74 Å². The molecular weight excluding hydrogens is 358 g/mol. The number of guanidine groups is 1. The van der Waals surface area contributed by atoms with E-state index in [-0.39, 0.29) is 5.91 Å². The third-order valence-electron chi connectivity index (χ3n) is 3.38. The van der Waals surface area contributed by atoms with Crippen LogP contribution in [-0.4, -0.2) is 49.7 Å². The van der Waals surface area contributed by atoms with Gasteiger partial charge < -0.3 is 26.0 Å². The van der Waals surface area contributed by atoms with E-state index in [1.807, 2.05) is 52.8 Å². The lowest BCUT2D eigenvalue weighted by Crippen LogP contribution is -2.42. The highest BCUT2D eigenvalue weighted by molar-refractivity contribution is 5.94. The van der Waals surface area contributed by atoms with Crippen LogP contribution < -0.4 is 21.3 Å². The number of alkyl carbamates (subject to hydrolysis) is 1. The minimum absolute atomic E-state index is 0.0911. The van der Waals surface area contributed by atoms with Gasteiger partial charge in [0.2, 0.25) is 0 Å². The molecule has 1 aromatic rings. The van der Waals surface area contributed by atoms with Crippen LogP contribution >= 0.6 is 0 Å². The number of amides is 2. The van der Waals surface area contributed by atoms with E-state index in [0.717, 1.165) is 5.56 Å². The molecule has 0 aliphatic heterocycles. The number of nitrogens with zero attached hydrogens (tertiary/aromatic N) is 1. The predicted octanol–water partition coefficient (Wildman–Crippen LogP) is 2.02. The van der Waals surface area contributed by atoms with Crippen LogP contribution in [0.15, 0.2) is 29.3 Å². The number of nitrogens with one attached hydrogen (secondary N) is 4. The van der Waals surface area contributed by atoms with Crippen molar-refractivity contribution in [3.63, 3.8) is 0 Å². The maximum Gasteiger partial charge on any atom is 0.407 e. The fraction of sp³-hybridized carbons (Fsp3) is 0.550. The van der Waals surface area contributed by atoms with Gasteiger partial charge in [-0.05, 0) is 52.3 Å². The topological polar surface area (TPSA) is 104 Å². The largest absolute Gasteiger partial charge is 0.444 e. The number of carbonyl (C=O) groups is 2. The van der Waals surface area contributed by atoms with Crippen molar-refractivity contribution in [2.24, 2.45) is 4.99 Å². The summed E-state index contributed by atoms with van der Waals surface area (Å²) in [6.07, 6.45) is -0.446. The first-order valence-corrected chi connectivity index (χ1v) is 9.61. The van der Waals surface area contributed by atoms with E-state index in [1.165, 1.54) is 0 Å². The summed E-state index contributed by atoms with van der Waals surface area (Å²) in [5.74, 6) is 0.545. The molecule has 156 valence electrons. The van der Waals surface area contributed by atoms with Gasteiger partial charge >= 0.3 is 6.09 Å². The normalized spacial score (nSPS) is 11.5. The van der Waals surface area contributed by atoms with E-state index in [9.17, 15) is 9.59 Å². The van der Waals surface area contributed by atoms with Crippen molar-refractivity contribution >= 4 is 18.0 Å². The van der Waals surface area contributed by atoms with Gasteiger partial charge in [0.15, 0.2) is 5.96 Å². The molecule has 28 heavy (non-hydrogen) atoms. The fourth-order valence-corrected chi connectivity index (χ4v) is 2.25. The molecular formula is C20H33N5O3. The van der Waals surface area contributed by atoms with E-state index in [1.54, 1.807) is 6.07 Å². The Hall–Kier alpha value is -2.77. The molecule has 0 radical (unpaired) electrons. The van der Waals surface area contributed by atoms with Crippen LogP contribution in [0.5, 0.6) is 0 Å². The monoisotopic (exact) mass is 391 g/mol. The zero-order valence-electron chi connectivity index (χ0n) is 17.5. The van der Waals surface area contributed by atoms with Crippen molar-refractivity contribution in [1.82, 2.24) is 21.3 Å². The molecule has 0 saturated heterocycles. The summed E-state index contributed by atoms with van der Waals surface area (Å²) < 4.78 is 5.19. The van der Waals surface area contributed by atoms with E-state index < -0.39 is 11.7 Å². The van der Waals surface area contributed by atoms with E-state index in [0.29, 0.717) is 44.2 Å². The van der Waals surface area contributed by atoms with Crippen LogP contribution in [0.1, 0.15) is 50.5 Å². The number of aliphatic imine (C=N–C) groups is 1. The highest BCUT2D eigenvalue weighted by Gasteiger charge is 2.15. The molecule has 1 rings (SSSR count). The molecule has 2 amide bonds. The Balaban J connectivity index is 2.55. The van der Waals surface area contributed by atoms with Crippen molar-refractivity contribution in [3.05, 3.63) is 35.4 Å². The molecule has 0 saturated carbocycles. The van der Waals surface area contributed by atoms with Crippen molar-refractivity contribution < 1.29 is 14.3 Å². The summed E-state index contributed by atoms with van der Waals surface area (Å²) in [5.41, 5.74) is 1.04. The molecule has 4 N–H and O–H groups in total. The predicted molar refractivity (Wildman–Crippen MR) is 112 cm³/mol. The molecule has 0 aliphatic rings. The molecule has 0 spiro atoms. The lowest BCUT2D eigenvalue weighted by atomic mass is 10.1. The first kappa shape index (κ1) is 23.3. The van der Waals surface area contributed by atoms with Gasteiger partial charge in [-0.25, -0.2) is 9.79 Å². The quantitative estimate of drug-likeness (QED) is 0.308. The number of hydrogen-bond acceptors (Lipinski definition) is 4. The molecule has 0 bridgehead atoms. The van der Waals surface area contributed by atoms with E-state index >= 15 is 0 Å². The van der Waals surface area contributed by atoms with Crippen LogP contribution in [0.3, 0.4) is 0 Å². The summed E-state index contributed by atoms with van der Waals surface area (Å²) in [7, 11) is 0. The van der Waals surface area contributed by atoms with Gasteiger partial charge in [0.1, 0.15) is 5.60 Å². The van der Waals surface area contributed by atoms with Gasteiger partial charge in [0.05, 0.1) is 6.54 Å². The summed E-state index contributed by atoms with van der Waals surface area (Å²) >= 11 is 0. The van der Waals surface area contributed by atoms with Crippen LogP contribution in [-0.2, 0) is 11.3 Å². The number of benzene rings is 1. The molecule has 0 heterocycles. The SMILES string of the molecule is CCNC(=O)c1cccc(CN=C(NCC)NCCNC(=O)OC(C)(C)C)c1. The summed E-state index contributed by atoms with van der Waals surface area (Å²) in [6, 6.07) is 7.40. The van der Waals surface area contributed by atoms with Crippen molar-refractivity contribution in [2.75, 3.05) is 26.2 Å². The summed E-state index contributed by atoms with van der Waals surface area (Å²) in [5, 5.41) is 11.8. The molecule has 8 heteroatoms. The van der Waals surface area contributed by atoms with Gasteiger partial charge in [-0.2, -0.15) is 0 Å². The Kier molecular flexibility index (Phi) is 9.84. The second-order valence-corrected chi connectivity index (χ2v) is 7.11. The first-order valence-electron chi connectivity index (χ1n) is 9.61. The third-order valence-corrected chi connectivity index (χ3v) is 3.38. The molecule has 8 nitrogen and oxygen atoms in total. The van der Waals surface area contributed by atoms with Crippen LogP contribution in [0, 0.1) is 0 Å². The van der Waals surface area contributed by atoms with Gasteiger partial charge in [0.25, 0.3) is 5.91 Å². The standard InChI is InChI=1S/C20H33N5O3/c1-6-21-17(26)16-10-8-9-15(13-16)14-25-18(22-7-2)23-11-12-24-19(27)28-20(3,4)5/h8-10,13H,6-7,11-12,14H2,1-5H3,(H,21,26)(H,24,27)(H2,22,23,25). The lowest BCUT2D eigenvalue weighted by molar-refractivity contribution is 0.0528. The Labute approximate surface area is 167 Å². The highest BCUT2D eigenvalue weighted by Crippen LogP contribution is 2.07.